The minimum absolute atomic E-state index is 0.151. The normalized spacial score (nSPS) is 15.5. The zero-order valence-corrected chi connectivity index (χ0v) is 17.3. The van der Waals surface area contributed by atoms with Crippen LogP contribution < -0.4 is 10.6 Å². The summed E-state index contributed by atoms with van der Waals surface area (Å²) >= 11 is 1.26. The third-order valence-corrected chi connectivity index (χ3v) is 5.88. The molecular weight excluding hydrogens is 388 g/mol. The first kappa shape index (κ1) is 21.0. The second-order valence-corrected chi connectivity index (χ2v) is 8.31. The van der Waals surface area contributed by atoms with Crippen molar-refractivity contribution in [2.45, 2.75) is 62.0 Å². The van der Waals surface area contributed by atoms with E-state index in [1.807, 2.05) is 16.7 Å². The highest BCUT2D eigenvalue weighted by atomic mass is 32.2. The number of hydrogen-bond acceptors (Lipinski definition) is 6. The summed E-state index contributed by atoms with van der Waals surface area (Å²) in [7, 11) is 0. The maximum atomic E-state index is 12.5. The molecule has 1 aliphatic carbocycles. The van der Waals surface area contributed by atoms with E-state index >= 15 is 0 Å². The summed E-state index contributed by atoms with van der Waals surface area (Å²) in [6, 6.07) is 3.42. The van der Waals surface area contributed by atoms with Gasteiger partial charge in [-0.15, -0.1) is 16.8 Å². The van der Waals surface area contributed by atoms with Gasteiger partial charge in [-0.05, 0) is 31.9 Å². The predicted octanol–water partition coefficient (Wildman–Crippen LogP) is 3.17. The van der Waals surface area contributed by atoms with Gasteiger partial charge in [0.25, 0.3) is 0 Å². The molecule has 0 bridgehead atoms. The SMILES string of the molecule is C=CCn1c(S[C@H](C)C(=O)NC(=O)NC2CCCCC2)nnc1-c1ccncc1. The van der Waals surface area contributed by atoms with Crippen LogP contribution in [0.25, 0.3) is 11.4 Å². The zero-order chi connectivity index (χ0) is 20.6. The maximum absolute atomic E-state index is 12.5. The highest BCUT2D eigenvalue weighted by molar-refractivity contribution is 8.00. The number of thioether (sulfide) groups is 1. The number of rotatable bonds is 7. The smallest absolute Gasteiger partial charge is 0.321 e. The molecule has 0 unspecified atom stereocenters. The van der Waals surface area contributed by atoms with E-state index < -0.39 is 11.3 Å². The van der Waals surface area contributed by atoms with E-state index in [0.29, 0.717) is 17.5 Å². The molecule has 2 heterocycles. The summed E-state index contributed by atoms with van der Waals surface area (Å²) in [5.74, 6) is 0.319. The summed E-state index contributed by atoms with van der Waals surface area (Å²) in [6.45, 7) is 6.04. The summed E-state index contributed by atoms with van der Waals surface area (Å²) < 4.78 is 1.89. The number of nitrogens with zero attached hydrogens (tertiary/aromatic N) is 4. The fourth-order valence-electron chi connectivity index (χ4n) is 3.28. The van der Waals surface area contributed by atoms with Crippen molar-refractivity contribution in [3.63, 3.8) is 0 Å². The molecule has 2 N–H and O–H groups in total. The molecule has 3 rings (SSSR count). The summed E-state index contributed by atoms with van der Waals surface area (Å²) in [5.41, 5.74) is 0.880. The number of aromatic nitrogens is 4. The molecule has 9 heteroatoms. The number of urea groups is 1. The van der Waals surface area contributed by atoms with Crippen LogP contribution in [0, 0.1) is 0 Å². The minimum Gasteiger partial charge on any atom is -0.335 e. The first-order valence-corrected chi connectivity index (χ1v) is 10.7. The molecule has 0 saturated heterocycles. The number of imide groups is 1. The molecule has 1 saturated carbocycles. The molecule has 1 fully saturated rings. The number of nitrogens with one attached hydrogen (secondary N) is 2. The van der Waals surface area contributed by atoms with E-state index in [2.05, 4.69) is 32.4 Å². The number of amides is 3. The van der Waals surface area contributed by atoms with E-state index in [4.69, 9.17) is 0 Å². The van der Waals surface area contributed by atoms with Crippen LogP contribution in [-0.4, -0.2) is 43.0 Å². The maximum Gasteiger partial charge on any atom is 0.321 e. The molecule has 0 aromatic carbocycles. The fourth-order valence-corrected chi connectivity index (χ4v) is 4.14. The van der Waals surface area contributed by atoms with Crippen molar-refractivity contribution >= 4 is 23.7 Å². The number of hydrogen-bond donors (Lipinski definition) is 2. The molecule has 0 spiro atoms. The Morgan fingerprint density at radius 3 is 2.69 bits per heavy atom. The van der Waals surface area contributed by atoms with Gasteiger partial charge in [0.05, 0.1) is 5.25 Å². The van der Waals surface area contributed by atoms with Crippen molar-refractivity contribution in [1.29, 1.82) is 0 Å². The van der Waals surface area contributed by atoms with Crippen molar-refractivity contribution in [1.82, 2.24) is 30.4 Å². The lowest BCUT2D eigenvalue weighted by molar-refractivity contribution is -0.119. The lowest BCUT2D eigenvalue weighted by Gasteiger charge is -2.23. The topological polar surface area (TPSA) is 102 Å². The van der Waals surface area contributed by atoms with Crippen molar-refractivity contribution in [2.24, 2.45) is 0 Å². The van der Waals surface area contributed by atoms with Crippen LogP contribution in [0.4, 0.5) is 4.79 Å². The molecule has 154 valence electrons. The van der Waals surface area contributed by atoms with Gasteiger partial charge < -0.3 is 5.32 Å². The second-order valence-electron chi connectivity index (χ2n) is 7.00. The Labute approximate surface area is 174 Å². The number of carbonyl (C=O) groups excluding carboxylic acids is 2. The summed E-state index contributed by atoms with van der Waals surface area (Å²) in [4.78, 5) is 28.6. The lowest BCUT2D eigenvalue weighted by atomic mass is 9.96. The van der Waals surface area contributed by atoms with Gasteiger partial charge in [0, 0.05) is 30.5 Å². The fraction of sp³-hybridized carbons (Fsp3) is 0.450. The Kier molecular flexibility index (Phi) is 7.40. The third kappa shape index (κ3) is 5.66. The molecule has 1 atom stereocenters. The van der Waals surface area contributed by atoms with Crippen LogP contribution >= 0.6 is 11.8 Å². The van der Waals surface area contributed by atoms with E-state index in [1.54, 1.807) is 25.4 Å². The Morgan fingerprint density at radius 1 is 1.28 bits per heavy atom. The van der Waals surface area contributed by atoms with E-state index in [0.717, 1.165) is 31.2 Å². The van der Waals surface area contributed by atoms with E-state index in [1.165, 1.54) is 18.2 Å². The number of carbonyl (C=O) groups is 2. The van der Waals surface area contributed by atoms with Gasteiger partial charge in [-0.1, -0.05) is 37.1 Å². The minimum atomic E-state index is -0.509. The van der Waals surface area contributed by atoms with Crippen molar-refractivity contribution in [3.05, 3.63) is 37.2 Å². The van der Waals surface area contributed by atoms with Gasteiger partial charge >= 0.3 is 6.03 Å². The van der Waals surface area contributed by atoms with Crippen LogP contribution in [0.15, 0.2) is 42.3 Å². The van der Waals surface area contributed by atoms with Gasteiger partial charge in [-0.2, -0.15) is 0 Å². The molecular formula is C20H26N6O2S. The molecule has 0 aliphatic heterocycles. The van der Waals surface area contributed by atoms with Gasteiger partial charge in [0.15, 0.2) is 11.0 Å². The lowest BCUT2D eigenvalue weighted by Crippen LogP contribution is -2.47. The Bertz CT molecular complexity index is 848. The van der Waals surface area contributed by atoms with Crippen molar-refractivity contribution in [3.8, 4) is 11.4 Å². The average Bonchev–Trinajstić information content (AvgIpc) is 3.12. The Hall–Kier alpha value is -2.68. The molecule has 29 heavy (non-hydrogen) atoms. The van der Waals surface area contributed by atoms with Crippen molar-refractivity contribution < 1.29 is 9.59 Å². The van der Waals surface area contributed by atoms with Crippen LogP contribution in [0.1, 0.15) is 39.0 Å². The first-order valence-electron chi connectivity index (χ1n) is 9.81. The standard InChI is InChI=1S/C20H26N6O2S/c1-3-13-26-17(15-9-11-21-12-10-15)24-25-20(26)29-14(2)18(27)23-19(28)22-16-7-5-4-6-8-16/h3,9-12,14,16H,1,4-8,13H2,2H3,(H2,22,23,27,28)/t14-/m1/s1. The highest BCUT2D eigenvalue weighted by Gasteiger charge is 2.23. The van der Waals surface area contributed by atoms with Gasteiger partial charge in [0.2, 0.25) is 5.91 Å². The molecule has 2 aromatic rings. The summed E-state index contributed by atoms with van der Waals surface area (Å²) in [6.07, 6.45) is 10.5. The monoisotopic (exact) mass is 414 g/mol. The largest absolute Gasteiger partial charge is 0.335 e. The number of allylic oxidation sites excluding steroid dienone is 1. The average molecular weight is 415 g/mol. The first-order chi connectivity index (χ1) is 14.1. The molecule has 1 aliphatic rings. The molecule has 3 amide bonds. The second kappa shape index (κ2) is 10.2. The van der Waals surface area contributed by atoms with Crippen LogP contribution in [0.5, 0.6) is 0 Å². The van der Waals surface area contributed by atoms with Crippen LogP contribution in [-0.2, 0) is 11.3 Å². The highest BCUT2D eigenvalue weighted by Crippen LogP contribution is 2.26. The van der Waals surface area contributed by atoms with Gasteiger partial charge in [0.1, 0.15) is 0 Å². The Balaban J connectivity index is 1.62. The zero-order valence-electron chi connectivity index (χ0n) is 16.5. The molecule has 0 radical (unpaired) electrons. The van der Waals surface area contributed by atoms with Gasteiger partial charge in [-0.3, -0.25) is 19.7 Å². The van der Waals surface area contributed by atoms with Crippen LogP contribution in [0.2, 0.25) is 0 Å². The third-order valence-electron chi connectivity index (χ3n) is 4.80. The summed E-state index contributed by atoms with van der Waals surface area (Å²) in [5, 5.41) is 13.9. The predicted molar refractivity (Wildman–Crippen MR) is 112 cm³/mol. The molecule has 8 nitrogen and oxygen atoms in total. The Morgan fingerprint density at radius 2 is 2.00 bits per heavy atom. The van der Waals surface area contributed by atoms with E-state index in [9.17, 15) is 9.59 Å². The van der Waals surface area contributed by atoms with E-state index in [-0.39, 0.29) is 11.9 Å². The van der Waals surface area contributed by atoms with Gasteiger partial charge in [-0.25, -0.2) is 4.79 Å². The quantitative estimate of drug-likeness (QED) is 0.533. The van der Waals surface area contributed by atoms with Crippen LogP contribution in [0.3, 0.4) is 0 Å². The number of pyridine rings is 1. The molecule has 2 aromatic heterocycles. The van der Waals surface area contributed by atoms with Crippen molar-refractivity contribution in [2.75, 3.05) is 0 Å².